The van der Waals surface area contributed by atoms with E-state index in [1.165, 1.54) is 12.3 Å². The molecule has 4 nitrogen and oxygen atoms in total. The van der Waals surface area contributed by atoms with Gasteiger partial charge in [-0.25, -0.2) is 13.4 Å². The molecule has 0 bridgehead atoms. The third-order valence-electron chi connectivity index (χ3n) is 2.80. The summed E-state index contributed by atoms with van der Waals surface area (Å²) in [6, 6.07) is 11.4. The van der Waals surface area contributed by atoms with Crippen molar-refractivity contribution < 1.29 is 8.42 Å². The Hall–Kier alpha value is -1.85. The zero-order valence-electron chi connectivity index (χ0n) is 9.67. The van der Waals surface area contributed by atoms with E-state index in [1.54, 1.807) is 36.4 Å². The van der Waals surface area contributed by atoms with Crippen LogP contribution in [0.4, 0.5) is 0 Å². The molecular weight excluding hydrogens is 284 g/mol. The second-order valence-corrected chi connectivity index (χ2v) is 6.33. The maximum absolute atomic E-state index is 12.4. The van der Waals surface area contributed by atoms with Gasteiger partial charge in [0.2, 0.25) is 9.84 Å². The molecule has 2 aromatic heterocycles. The number of pyridine rings is 1. The Morgan fingerprint density at radius 3 is 2.53 bits per heavy atom. The first-order chi connectivity index (χ1) is 9.09. The highest BCUT2D eigenvalue weighted by Crippen LogP contribution is 2.27. The van der Waals surface area contributed by atoms with Gasteiger partial charge in [-0.3, -0.25) is 0 Å². The van der Waals surface area contributed by atoms with E-state index < -0.39 is 9.84 Å². The van der Waals surface area contributed by atoms with Gasteiger partial charge in [-0.05, 0) is 24.3 Å². The largest absolute Gasteiger partial charge is 0.330 e. The lowest BCUT2D eigenvalue weighted by atomic mass is 10.3. The molecule has 3 rings (SSSR count). The van der Waals surface area contributed by atoms with Crippen molar-refractivity contribution in [2.45, 2.75) is 9.92 Å². The summed E-state index contributed by atoms with van der Waals surface area (Å²) in [6.45, 7) is 0. The summed E-state index contributed by atoms with van der Waals surface area (Å²) in [5.41, 5.74) is 0.460. The number of rotatable bonds is 2. The molecule has 1 N–H and O–H groups in total. The quantitative estimate of drug-likeness (QED) is 0.789. The summed E-state index contributed by atoms with van der Waals surface area (Å²) in [7, 11) is -3.57. The first-order valence-electron chi connectivity index (χ1n) is 5.52. The van der Waals surface area contributed by atoms with Gasteiger partial charge in [-0.15, -0.1) is 0 Å². The summed E-state index contributed by atoms with van der Waals surface area (Å²) in [6.07, 6.45) is 1.53. The molecule has 0 unspecified atom stereocenters. The van der Waals surface area contributed by atoms with Crippen molar-refractivity contribution in [3.63, 3.8) is 0 Å². The Morgan fingerprint density at radius 1 is 1.11 bits per heavy atom. The molecule has 0 fully saturated rings. The first kappa shape index (κ1) is 12.2. The molecule has 0 aliphatic rings. The number of aromatic nitrogens is 2. The fourth-order valence-electron chi connectivity index (χ4n) is 1.84. The Labute approximate surface area is 115 Å². The van der Waals surface area contributed by atoms with Crippen molar-refractivity contribution in [1.29, 1.82) is 0 Å². The Morgan fingerprint density at radius 2 is 1.84 bits per heavy atom. The van der Waals surface area contributed by atoms with E-state index in [9.17, 15) is 8.42 Å². The molecule has 3 aromatic rings. The third kappa shape index (κ3) is 2.01. The number of sulfone groups is 1. The number of nitrogens with one attached hydrogen (secondary N) is 1. The summed E-state index contributed by atoms with van der Waals surface area (Å²) in [5, 5.41) is 1.16. The monoisotopic (exact) mass is 292 g/mol. The molecule has 0 aliphatic carbocycles. The zero-order chi connectivity index (χ0) is 13.5. The van der Waals surface area contributed by atoms with Crippen LogP contribution < -0.4 is 0 Å². The molecule has 0 atom stereocenters. The topological polar surface area (TPSA) is 62.8 Å². The Balaban J connectivity index is 2.22. The summed E-state index contributed by atoms with van der Waals surface area (Å²) in [4.78, 5) is 7.09. The molecule has 6 heteroatoms. The van der Waals surface area contributed by atoms with Crippen LogP contribution in [0.15, 0.2) is 58.6 Å². The van der Waals surface area contributed by atoms with Crippen molar-refractivity contribution in [3.8, 4) is 0 Å². The lowest BCUT2D eigenvalue weighted by molar-refractivity contribution is 0.593. The fraction of sp³-hybridized carbons (Fsp3) is 0. The van der Waals surface area contributed by atoms with Gasteiger partial charge < -0.3 is 4.98 Å². The summed E-state index contributed by atoms with van der Waals surface area (Å²) in [5.74, 6) is 0. The van der Waals surface area contributed by atoms with E-state index in [1.807, 2.05) is 0 Å². The van der Waals surface area contributed by atoms with Crippen molar-refractivity contribution in [2.24, 2.45) is 0 Å². The fourth-order valence-corrected chi connectivity index (χ4v) is 3.32. The van der Waals surface area contributed by atoms with E-state index in [-0.39, 0.29) is 9.92 Å². The molecule has 0 aliphatic heterocycles. The van der Waals surface area contributed by atoms with Crippen LogP contribution in [0.1, 0.15) is 0 Å². The minimum absolute atomic E-state index is 0.0919. The highest BCUT2D eigenvalue weighted by atomic mass is 35.5. The molecule has 0 radical (unpaired) electrons. The van der Waals surface area contributed by atoms with E-state index in [2.05, 4.69) is 9.97 Å². The zero-order valence-corrected chi connectivity index (χ0v) is 11.2. The molecule has 0 saturated carbocycles. The van der Waals surface area contributed by atoms with Gasteiger partial charge in [0, 0.05) is 11.6 Å². The van der Waals surface area contributed by atoms with E-state index in [0.717, 1.165) is 0 Å². The van der Waals surface area contributed by atoms with E-state index in [0.29, 0.717) is 16.1 Å². The van der Waals surface area contributed by atoms with Crippen LogP contribution in [0.5, 0.6) is 0 Å². The molecule has 0 saturated heterocycles. The SMILES string of the molecule is O=S(=O)(c1ccccc1)c1cc2c(Cl)ccnc2[nH]1. The highest BCUT2D eigenvalue weighted by molar-refractivity contribution is 7.91. The molecule has 96 valence electrons. The summed E-state index contributed by atoms with van der Waals surface area (Å²) >= 11 is 6.01. The number of nitrogens with zero attached hydrogens (tertiary/aromatic N) is 1. The smallest absolute Gasteiger partial charge is 0.221 e. The van der Waals surface area contributed by atoms with Crippen LogP contribution in [0.2, 0.25) is 5.02 Å². The number of fused-ring (bicyclic) bond motifs is 1. The van der Waals surface area contributed by atoms with Crippen LogP contribution in [-0.4, -0.2) is 18.4 Å². The number of benzene rings is 1. The second kappa shape index (κ2) is 4.36. The van der Waals surface area contributed by atoms with E-state index >= 15 is 0 Å². The number of aromatic amines is 1. The molecule has 0 spiro atoms. The average molecular weight is 293 g/mol. The predicted octanol–water partition coefficient (Wildman–Crippen LogP) is 3.05. The molecule has 0 amide bonds. The molecule has 2 heterocycles. The second-order valence-electron chi connectivity index (χ2n) is 4.01. The van der Waals surface area contributed by atoms with Crippen molar-refractivity contribution in [3.05, 3.63) is 53.7 Å². The standard InChI is InChI=1S/C13H9ClN2O2S/c14-11-6-7-15-13-10(11)8-12(16-13)19(17,18)9-4-2-1-3-5-9/h1-8H,(H,15,16). The number of H-pyrrole nitrogens is 1. The lowest BCUT2D eigenvalue weighted by Gasteiger charge is -2.00. The molecule has 19 heavy (non-hydrogen) atoms. The van der Waals surface area contributed by atoms with Crippen molar-refractivity contribution in [2.75, 3.05) is 0 Å². The minimum Gasteiger partial charge on any atom is -0.330 e. The van der Waals surface area contributed by atoms with Crippen LogP contribution in [0.25, 0.3) is 11.0 Å². The minimum atomic E-state index is -3.57. The van der Waals surface area contributed by atoms with Gasteiger partial charge in [0.1, 0.15) is 10.7 Å². The predicted molar refractivity (Wildman–Crippen MR) is 73.0 cm³/mol. The van der Waals surface area contributed by atoms with Crippen LogP contribution >= 0.6 is 11.6 Å². The maximum Gasteiger partial charge on any atom is 0.221 e. The summed E-state index contributed by atoms with van der Waals surface area (Å²) < 4.78 is 24.8. The maximum atomic E-state index is 12.4. The van der Waals surface area contributed by atoms with Crippen LogP contribution in [0, 0.1) is 0 Å². The van der Waals surface area contributed by atoms with E-state index in [4.69, 9.17) is 11.6 Å². The van der Waals surface area contributed by atoms with Gasteiger partial charge in [0.15, 0.2) is 0 Å². The number of hydrogen-bond donors (Lipinski definition) is 1. The average Bonchev–Trinajstić information content (AvgIpc) is 2.86. The van der Waals surface area contributed by atoms with Gasteiger partial charge in [0.05, 0.1) is 9.92 Å². The third-order valence-corrected chi connectivity index (χ3v) is 4.82. The van der Waals surface area contributed by atoms with Gasteiger partial charge in [-0.1, -0.05) is 29.8 Å². The number of hydrogen-bond acceptors (Lipinski definition) is 3. The Kier molecular flexibility index (Phi) is 2.80. The first-order valence-corrected chi connectivity index (χ1v) is 7.38. The van der Waals surface area contributed by atoms with Gasteiger partial charge in [0.25, 0.3) is 0 Å². The highest BCUT2D eigenvalue weighted by Gasteiger charge is 2.20. The van der Waals surface area contributed by atoms with Crippen LogP contribution in [-0.2, 0) is 9.84 Å². The lowest BCUT2D eigenvalue weighted by Crippen LogP contribution is -2.01. The van der Waals surface area contributed by atoms with Crippen molar-refractivity contribution >= 4 is 32.5 Å². The Bertz CT molecular complexity index is 841. The molecular formula is C13H9ClN2O2S. The van der Waals surface area contributed by atoms with Crippen LogP contribution in [0.3, 0.4) is 0 Å². The van der Waals surface area contributed by atoms with Gasteiger partial charge in [-0.2, -0.15) is 0 Å². The normalized spacial score (nSPS) is 11.8. The molecule has 1 aromatic carbocycles. The van der Waals surface area contributed by atoms with Gasteiger partial charge >= 0.3 is 0 Å². The van der Waals surface area contributed by atoms with Crippen molar-refractivity contribution in [1.82, 2.24) is 9.97 Å². The number of halogens is 1.